The fraction of sp³-hybridized carbons (Fsp3) is 0.562. The van der Waals surface area contributed by atoms with E-state index in [2.05, 4.69) is 20.6 Å². The monoisotopic (exact) mass is 329 g/mol. The number of aromatic nitrogens is 2. The largest absolute Gasteiger partial charge is 0.368 e. The molecule has 0 radical (unpaired) electrons. The molecule has 3 saturated carbocycles. The molecule has 1 unspecified atom stereocenters. The molecule has 6 nitrogen and oxygen atoms in total. The summed E-state index contributed by atoms with van der Waals surface area (Å²) < 4.78 is 0. The van der Waals surface area contributed by atoms with Gasteiger partial charge in [0.05, 0.1) is 16.5 Å². The van der Waals surface area contributed by atoms with Gasteiger partial charge in [0.1, 0.15) is 4.83 Å². The number of hydrogen-bond donors (Lipinski definition) is 3. The van der Waals surface area contributed by atoms with Crippen LogP contribution in [0.2, 0.25) is 0 Å². The number of amides is 1. The van der Waals surface area contributed by atoms with Gasteiger partial charge in [-0.05, 0) is 43.6 Å². The van der Waals surface area contributed by atoms with Gasteiger partial charge in [0.2, 0.25) is 5.95 Å². The average Bonchev–Trinajstić information content (AvgIpc) is 3.22. The Labute approximate surface area is 137 Å². The molecule has 2 aromatic heterocycles. The van der Waals surface area contributed by atoms with Crippen LogP contribution < -0.4 is 16.4 Å². The van der Waals surface area contributed by atoms with Crippen molar-refractivity contribution in [3.8, 4) is 0 Å². The Hall–Kier alpha value is -1.73. The van der Waals surface area contributed by atoms with Crippen molar-refractivity contribution in [2.24, 2.45) is 11.8 Å². The third-order valence-corrected chi connectivity index (χ3v) is 6.96. The zero-order valence-electron chi connectivity index (χ0n) is 12.7. The predicted molar refractivity (Wildman–Crippen MR) is 89.3 cm³/mol. The van der Waals surface area contributed by atoms with Crippen LogP contribution in [0, 0.1) is 11.8 Å². The summed E-state index contributed by atoms with van der Waals surface area (Å²) in [5.74, 6) is 1.60. The maximum absolute atomic E-state index is 12.8. The van der Waals surface area contributed by atoms with E-state index in [9.17, 15) is 4.79 Å². The third-order valence-electron chi connectivity index (χ3n) is 5.91. The number of nitrogens with two attached hydrogens (primary N) is 1. The lowest BCUT2D eigenvalue weighted by molar-refractivity contribution is 0.0637. The number of carbonyl (C=O) groups excluding carboxylic acids is 1. The van der Waals surface area contributed by atoms with Gasteiger partial charge in [-0.3, -0.25) is 4.79 Å². The zero-order chi connectivity index (χ0) is 15.6. The zero-order valence-corrected chi connectivity index (χ0v) is 13.5. The number of nitrogen functional groups attached to an aromatic ring is 1. The van der Waals surface area contributed by atoms with Crippen LogP contribution in [0.15, 0.2) is 12.3 Å². The Morgan fingerprint density at radius 3 is 2.91 bits per heavy atom. The highest BCUT2D eigenvalue weighted by atomic mass is 32.1. The lowest BCUT2D eigenvalue weighted by Crippen LogP contribution is -2.60. The molecule has 2 aromatic rings. The highest BCUT2D eigenvalue weighted by Crippen LogP contribution is 2.51. The first-order chi connectivity index (χ1) is 11.2. The van der Waals surface area contributed by atoms with E-state index in [0.717, 1.165) is 22.7 Å². The van der Waals surface area contributed by atoms with Crippen LogP contribution in [-0.4, -0.2) is 34.0 Å². The maximum atomic E-state index is 12.8. The molecular formula is C16H19N5OS. The highest BCUT2D eigenvalue weighted by Gasteiger charge is 2.61. The van der Waals surface area contributed by atoms with Crippen LogP contribution in [0.5, 0.6) is 0 Å². The van der Waals surface area contributed by atoms with E-state index in [1.54, 1.807) is 6.20 Å². The van der Waals surface area contributed by atoms with Crippen LogP contribution in [-0.2, 0) is 0 Å². The molecule has 4 fully saturated rings. The topological polar surface area (TPSA) is 103 Å². The molecule has 7 heteroatoms. The normalized spacial score (nSPS) is 34.9. The van der Waals surface area contributed by atoms with Gasteiger partial charge in [0.15, 0.2) is 0 Å². The summed E-state index contributed by atoms with van der Waals surface area (Å²) in [6.45, 7) is 1.05. The van der Waals surface area contributed by atoms with Crippen molar-refractivity contribution in [2.45, 2.75) is 37.3 Å². The number of fused-ring (bicyclic) bond motifs is 3. The fourth-order valence-corrected chi connectivity index (χ4v) is 5.58. The molecule has 1 aliphatic heterocycles. The number of thiophene rings is 1. The number of hydrogen-bond acceptors (Lipinski definition) is 6. The van der Waals surface area contributed by atoms with E-state index in [0.29, 0.717) is 10.8 Å². The summed E-state index contributed by atoms with van der Waals surface area (Å²) in [5, 5.41) is 7.77. The van der Waals surface area contributed by atoms with Gasteiger partial charge in [-0.25, -0.2) is 9.97 Å². The first-order valence-electron chi connectivity index (χ1n) is 8.24. The van der Waals surface area contributed by atoms with Gasteiger partial charge >= 0.3 is 0 Å². The number of anilines is 1. The summed E-state index contributed by atoms with van der Waals surface area (Å²) in [6, 6.07) is 2.13. The Morgan fingerprint density at radius 1 is 1.39 bits per heavy atom. The Morgan fingerprint density at radius 2 is 2.17 bits per heavy atom. The second-order valence-corrected chi connectivity index (χ2v) is 8.09. The maximum Gasteiger partial charge on any atom is 0.261 e. The van der Waals surface area contributed by atoms with Crippen LogP contribution in [0.4, 0.5) is 5.95 Å². The second-order valence-electron chi connectivity index (χ2n) is 7.06. The second kappa shape index (κ2) is 4.64. The summed E-state index contributed by atoms with van der Waals surface area (Å²) in [4.78, 5) is 22.4. The summed E-state index contributed by atoms with van der Waals surface area (Å²) in [5.41, 5.74) is 5.80. The van der Waals surface area contributed by atoms with Crippen molar-refractivity contribution in [3.05, 3.63) is 17.1 Å². The van der Waals surface area contributed by atoms with E-state index in [-0.39, 0.29) is 23.4 Å². The molecule has 4 aliphatic rings. The smallest absolute Gasteiger partial charge is 0.261 e. The van der Waals surface area contributed by atoms with E-state index in [4.69, 9.17) is 5.73 Å². The van der Waals surface area contributed by atoms with Gasteiger partial charge in [0.25, 0.3) is 5.91 Å². The quantitative estimate of drug-likeness (QED) is 0.725. The molecule has 23 heavy (non-hydrogen) atoms. The minimum absolute atomic E-state index is 0.0113. The molecule has 0 aromatic carbocycles. The minimum atomic E-state index is 0.0113. The molecular weight excluding hydrogens is 310 g/mol. The van der Waals surface area contributed by atoms with E-state index in [1.807, 2.05) is 6.07 Å². The molecule has 1 saturated heterocycles. The molecule has 120 valence electrons. The molecule has 4 N–H and O–H groups in total. The SMILES string of the molecule is Nc1ncc2cc(C(=O)NC3C4CCC(CC4)[C@@]34CN4)sc2n1. The van der Waals surface area contributed by atoms with Crippen molar-refractivity contribution >= 4 is 33.4 Å². The highest BCUT2D eigenvalue weighted by molar-refractivity contribution is 7.20. The standard InChI is InChI=1S/C16H19N5OS/c17-15-18-6-9-5-11(23-14(9)21-15)13(22)20-12-8-1-3-10(4-2-8)16(12)7-19-16/h5-6,8,10,12,19H,1-4,7H2,(H,20,22)(H2,17,18,21)/t8?,10?,12?,16-/m0/s1. The van der Waals surface area contributed by atoms with E-state index < -0.39 is 0 Å². The van der Waals surface area contributed by atoms with Gasteiger partial charge in [-0.2, -0.15) is 0 Å². The number of carbonyl (C=O) groups is 1. The van der Waals surface area contributed by atoms with E-state index >= 15 is 0 Å². The Balaban J connectivity index is 1.42. The van der Waals surface area contributed by atoms with Gasteiger partial charge in [0, 0.05) is 18.1 Å². The molecule has 2 atom stereocenters. The van der Waals surface area contributed by atoms with Gasteiger partial charge in [-0.1, -0.05) is 0 Å². The summed E-state index contributed by atoms with van der Waals surface area (Å²) in [6.07, 6.45) is 6.78. The van der Waals surface area contributed by atoms with Gasteiger partial charge < -0.3 is 16.4 Å². The number of nitrogens with zero attached hydrogens (tertiary/aromatic N) is 2. The van der Waals surface area contributed by atoms with Crippen LogP contribution in [0.3, 0.4) is 0 Å². The van der Waals surface area contributed by atoms with Crippen LogP contribution in [0.25, 0.3) is 10.2 Å². The number of nitrogens with one attached hydrogen (secondary N) is 2. The van der Waals surface area contributed by atoms with Crippen molar-refractivity contribution in [3.63, 3.8) is 0 Å². The summed E-state index contributed by atoms with van der Waals surface area (Å²) >= 11 is 1.39. The van der Waals surface area contributed by atoms with Crippen molar-refractivity contribution in [1.29, 1.82) is 0 Å². The molecule has 1 amide bonds. The van der Waals surface area contributed by atoms with E-state index in [1.165, 1.54) is 37.0 Å². The molecule has 3 aliphatic carbocycles. The predicted octanol–water partition coefficient (Wildman–Crippen LogP) is 1.53. The first-order valence-corrected chi connectivity index (χ1v) is 9.05. The summed E-state index contributed by atoms with van der Waals surface area (Å²) in [7, 11) is 0. The Bertz CT molecular complexity index is 791. The molecule has 2 bridgehead atoms. The lowest BCUT2D eigenvalue weighted by Gasteiger charge is -2.48. The van der Waals surface area contributed by atoms with Gasteiger partial charge in [-0.15, -0.1) is 11.3 Å². The minimum Gasteiger partial charge on any atom is -0.368 e. The molecule has 6 rings (SSSR count). The van der Waals surface area contributed by atoms with Crippen LogP contribution in [0.1, 0.15) is 35.4 Å². The lowest BCUT2D eigenvalue weighted by atomic mass is 9.61. The van der Waals surface area contributed by atoms with Crippen molar-refractivity contribution < 1.29 is 4.79 Å². The van der Waals surface area contributed by atoms with Crippen molar-refractivity contribution in [1.82, 2.24) is 20.6 Å². The Kier molecular flexibility index (Phi) is 2.76. The third kappa shape index (κ3) is 1.99. The average molecular weight is 329 g/mol. The van der Waals surface area contributed by atoms with Crippen LogP contribution >= 0.6 is 11.3 Å². The molecule has 3 heterocycles. The van der Waals surface area contributed by atoms with Crippen molar-refractivity contribution in [2.75, 3.05) is 12.3 Å². The fourth-order valence-electron chi connectivity index (χ4n) is 4.67. The molecule has 1 spiro atoms. The first kappa shape index (κ1) is 13.7. The number of rotatable bonds is 2.